The van der Waals surface area contributed by atoms with Gasteiger partial charge in [0.1, 0.15) is 0 Å². The molecule has 0 saturated carbocycles. The van der Waals surface area contributed by atoms with E-state index in [1.807, 2.05) is 0 Å². The van der Waals surface area contributed by atoms with Gasteiger partial charge >= 0.3 is 0 Å². The van der Waals surface area contributed by atoms with Crippen LogP contribution in [0.15, 0.2) is 115 Å². The Hall–Kier alpha value is -4.30. The van der Waals surface area contributed by atoms with E-state index in [0.717, 1.165) is 0 Å². The van der Waals surface area contributed by atoms with Crippen LogP contribution in [-0.2, 0) is 0 Å². The monoisotopic (exact) mass is 419 g/mol. The summed E-state index contributed by atoms with van der Waals surface area (Å²) in [5.41, 5.74) is 1.67. The van der Waals surface area contributed by atoms with E-state index in [9.17, 15) is 2.74 Å². The summed E-state index contributed by atoms with van der Waals surface area (Å²) < 4.78 is 96.7. The van der Waals surface area contributed by atoms with Crippen molar-refractivity contribution in [2.75, 3.05) is 0 Å². The second-order valence-electron chi connectivity index (χ2n) is 7.44. The van der Waals surface area contributed by atoms with Gasteiger partial charge in [0.2, 0.25) is 0 Å². The number of fused-ring (bicyclic) bond motifs is 6. The summed E-state index contributed by atoms with van der Waals surface area (Å²) in [4.78, 5) is 2.99. The minimum absolute atomic E-state index is 0.0191. The van der Waals surface area contributed by atoms with Gasteiger partial charge in [-0.05, 0) is 47.4 Å². The fourth-order valence-corrected chi connectivity index (χ4v) is 4.17. The molecule has 7 rings (SSSR count). The van der Waals surface area contributed by atoms with Crippen molar-refractivity contribution < 1.29 is 15.1 Å². The molecule has 0 unspecified atom stereocenters. The third kappa shape index (κ3) is 2.47. The number of aromatic nitrogens is 2. The number of hydrogen-bond acceptors (Lipinski definition) is 0. The Morgan fingerprint density at radius 2 is 1.31 bits per heavy atom. The highest BCUT2D eigenvalue weighted by Crippen LogP contribution is 2.37. The molecule has 7 aromatic rings. The largest absolute Gasteiger partial charge is 0.354 e. The van der Waals surface area contributed by atoms with E-state index in [1.165, 1.54) is 28.8 Å². The second-order valence-corrected chi connectivity index (χ2v) is 7.44. The van der Waals surface area contributed by atoms with Crippen LogP contribution in [0.25, 0.3) is 60.4 Å². The van der Waals surface area contributed by atoms with E-state index in [0.29, 0.717) is 17.2 Å². The van der Waals surface area contributed by atoms with E-state index in [2.05, 4.69) is 4.98 Å². The standard InChI is InChI=1S/C30H20N2/c1-2-8-20(9-3-1)21-14-16-22(17-15-21)32-29-13-7-5-11-24(29)26-18-25-23-10-4-6-12-27(23)31-28(25)19-30(26)32/h1-19,31H/i1D,4D,5D,10D,11D,12D,13D,16D,17D,18D,19D. The molecule has 2 heterocycles. The molecule has 0 aliphatic heterocycles. The molecule has 0 aliphatic rings. The van der Waals surface area contributed by atoms with Crippen LogP contribution in [0, 0.1) is 0 Å². The molecule has 0 atom stereocenters. The Kier molecular flexibility index (Phi) is 2.04. The van der Waals surface area contributed by atoms with Crippen molar-refractivity contribution in [2.45, 2.75) is 0 Å². The minimum Gasteiger partial charge on any atom is -0.354 e. The molecule has 0 bridgehead atoms. The van der Waals surface area contributed by atoms with Crippen LogP contribution in [0.5, 0.6) is 0 Å². The van der Waals surface area contributed by atoms with Gasteiger partial charge in [-0.3, -0.25) is 0 Å². The highest BCUT2D eigenvalue weighted by molar-refractivity contribution is 6.18. The second kappa shape index (κ2) is 6.60. The summed E-state index contributed by atoms with van der Waals surface area (Å²) in [5, 5.41) is 0.330. The lowest BCUT2D eigenvalue weighted by atomic mass is 10.1. The first-order chi connectivity index (χ1) is 20.4. The molecule has 32 heavy (non-hydrogen) atoms. The van der Waals surface area contributed by atoms with Crippen LogP contribution >= 0.6 is 0 Å². The molecule has 0 amide bonds. The average Bonchev–Trinajstić information content (AvgIpc) is 3.53. The average molecular weight is 420 g/mol. The predicted octanol–water partition coefficient (Wildman–Crippen LogP) is 8.09. The summed E-state index contributed by atoms with van der Waals surface area (Å²) in [6.45, 7) is 0. The third-order valence-electron chi connectivity index (χ3n) is 5.63. The Labute approximate surface area is 200 Å². The number of H-pyrrole nitrogens is 1. The normalized spacial score (nSPS) is 16.6. The van der Waals surface area contributed by atoms with E-state index in [1.54, 1.807) is 24.3 Å². The molecule has 0 aliphatic carbocycles. The van der Waals surface area contributed by atoms with Crippen molar-refractivity contribution in [2.24, 2.45) is 0 Å². The first-order valence-electron chi connectivity index (χ1n) is 15.6. The van der Waals surface area contributed by atoms with Gasteiger partial charge in [0, 0.05) is 38.3 Å². The van der Waals surface area contributed by atoms with Crippen LogP contribution in [0.1, 0.15) is 15.1 Å². The highest BCUT2D eigenvalue weighted by Gasteiger charge is 2.15. The molecule has 0 fully saturated rings. The lowest BCUT2D eigenvalue weighted by Crippen LogP contribution is -1.93. The fraction of sp³-hybridized carbons (Fsp3) is 0. The van der Waals surface area contributed by atoms with Crippen molar-refractivity contribution in [3.63, 3.8) is 0 Å². The van der Waals surface area contributed by atoms with Crippen LogP contribution < -0.4 is 0 Å². The summed E-state index contributed by atoms with van der Waals surface area (Å²) in [7, 11) is 0. The summed E-state index contributed by atoms with van der Waals surface area (Å²) in [6, 6.07) is 10.5. The van der Waals surface area contributed by atoms with Crippen LogP contribution in [-0.4, -0.2) is 9.55 Å². The quantitative estimate of drug-likeness (QED) is 0.292. The molecule has 0 spiro atoms. The zero-order chi connectivity index (χ0) is 30.6. The minimum atomic E-state index is -0.291. The van der Waals surface area contributed by atoms with E-state index in [-0.39, 0.29) is 110 Å². The van der Waals surface area contributed by atoms with Crippen molar-refractivity contribution in [1.82, 2.24) is 9.55 Å². The topological polar surface area (TPSA) is 20.7 Å². The predicted molar refractivity (Wildman–Crippen MR) is 136 cm³/mol. The zero-order valence-corrected chi connectivity index (χ0v) is 16.6. The number of nitrogens with one attached hydrogen (secondary N) is 1. The van der Waals surface area contributed by atoms with Gasteiger partial charge < -0.3 is 9.55 Å². The van der Waals surface area contributed by atoms with Crippen LogP contribution in [0.4, 0.5) is 0 Å². The van der Waals surface area contributed by atoms with Crippen LogP contribution in [0.2, 0.25) is 0 Å². The zero-order valence-electron chi connectivity index (χ0n) is 27.6. The lowest BCUT2D eigenvalue weighted by molar-refractivity contribution is 1.18. The number of benzene rings is 5. The molecule has 5 aromatic carbocycles. The number of nitrogens with zero attached hydrogens (tertiary/aromatic N) is 1. The number of para-hydroxylation sites is 2. The highest BCUT2D eigenvalue weighted by atomic mass is 15.0. The number of hydrogen-bond donors (Lipinski definition) is 1. The lowest BCUT2D eigenvalue weighted by Gasteiger charge is -2.09. The molecule has 1 N–H and O–H groups in total. The first kappa shape index (κ1) is 9.88. The van der Waals surface area contributed by atoms with Gasteiger partial charge in [0.25, 0.3) is 0 Å². The Bertz CT molecular complexity index is 2330. The van der Waals surface area contributed by atoms with Gasteiger partial charge in [-0.25, -0.2) is 0 Å². The summed E-state index contributed by atoms with van der Waals surface area (Å²) in [5.74, 6) is 0. The van der Waals surface area contributed by atoms with E-state index < -0.39 is 0 Å². The van der Waals surface area contributed by atoms with Gasteiger partial charge in [-0.2, -0.15) is 0 Å². The van der Waals surface area contributed by atoms with E-state index in [4.69, 9.17) is 12.3 Å². The SMILES string of the molecule is [2H]c1ccc(-c2cc([2H])c(-n3c4c([2H])cc([2H])c([2H])c4c4c([2H])c5c([nH]c6c([2H])cc([2H])c([2H])c65)c([2H])c43)c([2H])c2)cc1. The summed E-state index contributed by atoms with van der Waals surface area (Å²) >= 11 is 0. The maximum atomic E-state index is 9.30. The molecule has 2 aromatic heterocycles. The summed E-state index contributed by atoms with van der Waals surface area (Å²) in [6.07, 6.45) is 0. The van der Waals surface area contributed by atoms with Crippen molar-refractivity contribution in [3.05, 3.63) is 115 Å². The van der Waals surface area contributed by atoms with Crippen LogP contribution in [0.3, 0.4) is 0 Å². The van der Waals surface area contributed by atoms with Gasteiger partial charge in [0.05, 0.1) is 26.1 Å². The van der Waals surface area contributed by atoms with Crippen molar-refractivity contribution >= 4 is 43.6 Å². The smallest absolute Gasteiger partial charge is 0.0667 e. The number of rotatable bonds is 2. The first-order valence-corrected chi connectivity index (χ1v) is 10.1. The molecule has 0 radical (unpaired) electrons. The maximum Gasteiger partial charge on any atom is 0.0667 e. The van der Waals surface area contributed by atoms with Crippen molar-refractivity contribution in [3.8, 4) is 16.8 Å². The molecule has 2 nitrogen and oxygen atoms in total. The van der Waals surface area contributed by atoms with Gasteiger partial charge in [0.15, 0.2) is 0 Å². The Morgan fingerprint density at radius 3 is 2.16 bits per heavy atom. The van der Waals surface area contributed by atoms with Gasteiger partial charge in [-0.1, -0.05) is 78.7 Å². The maximum absolute atomic E-state index is 9.30. The Balaban J connectivity index is 1.70. The third-order valence-corrected chi connectivity index (χ3v) is 5.63. The number of aromatic amines is 1. The Morgan fingerprint density at radius 1 is 0.562 bits per heavy atom. The molecule has 2 heteroatoms. The molecular formula is C30H20N2. The van der Waals surface area contributed by atoms with Gasteiger partial charge in [-0.15, -0.1) is 0 Å². The molecule has 150 valence electrons. The molecular weight excluding hydrogens is 388 g/mol. The fourth-order valence-electron chi connectivity index (χ4n) is 4.17. The van der Waals surface area contributed by atoms with E-state index >= 15 is 0 Å². The van der Waals surface area contributed by atoms with Crippen molar-refractivity contribution in [1.29, 1.82) is 0 Å². The molecule has 0 saturated heterocycles.